The number of hydrogen-bond acceptors (Lipinski definition) is 8. The van der Waals surface area contributed by atoms with Crippen molar-refractivity contribution < 1.29 is 8.23 Å². The van der Waals surface area contributed by atoms with Gasteiger partial charge in [0.25, 0.3) is 0 Å². The highest BCUT2D eigenvalue weighted by Gasteiger charge is 2.63. The fourth-order valence-corrected chi connectivity index (χ4v) is 26.1. The van der Waals surface area contributed by atoms with Crippen molar-refractivity contribution in [3.63, 3.8) is 0 Å². The summed E-state index contributed by atoms with van der Waals surface area (Å²) in [6.45, 7) is 28.4. The molecule has 0 radical (unpaired) electrons. The lowest BCUT2D eigenvalue weighted by Crippen LogP contribution is -2.72. The van der Waals surface area contributed by atoms with Gasteiger partial charge in [0.15, 0.2) is 40.0 Å². The second kappa shape index (κ2) is 16.4. The Balaban J connectivity index is 1.30. The minimum absolute atomic E-state index is 0.254. The Morgan fingerprint density at radius 3 is 0.948 bits per heavy atom. The predicted molar refractivity (Wildman–Crippen MR) is 326 cm³/mol. The van der Waals surface area contributed by atoms with Gasteiger partial charge in [0.05, 0.1) is 0 Å². The van der Waals surface area contributed by atoms with Crippen LogP contribution < -0.4 is 11.0 Å². The number of benzene rings is 8. The summed E-state index contributed by atoms with van der Waals surface area (Å²) >= 11 is 0. The number of aromatic nitrogens is 2. The van der Waals surface area contributed by atoms with Crippen LogP contribution in [0.4, 0.5) is 11.6 Å². The number of nitrogens with zero attached hydrogens (tertiary/aromatic N) is 8. The van der Waals surface area contributed by atoms with E-state index in [1.807, 2.05) is 0 Å². The molecule has 0 spiro atoms. The van der Waals surface area contributed by atoms with E-state index < -0.39 is 25.5 Å². The number of rotatable bonds is 8. The molecule has 6 bridgehead atoms. The molecule has 0 saturated heterocycles. The zero-order valence-electron chi connectivity index (χ0n) is 45.9. The maximum Gasteiger partial charge on any atom is 0.582 e. The highest BCUT2D eigenvalue weighted by Crippen LogP contribution is 2.53. The van der Waals surface area contributed by atoms with E-state index >= 15 is 0 Å². The Morgan fingerprint density at radius 1 is 0.377 bits per heavy atom. The van der Waals surface area contributed by atoms with Crippen molar-refractivity contribution in [2.75, 3.05) is 0 Å². The van der Waals surface area contributed by atoms with Crippen LogP contribution in [0.2, 0.25) is 36.3 Å². The quantitative estimate of drug-likeness (QED) is 0.142. The lowest BCUT2D eigenvalue weighted by Gasteiger charge is -2.52. The lowest BCUT2D eigenvalue weighted by atomic mass is 9.99. The monoisotopic (exact) mass is 1060 g/mol. The van der Waals surface area contributed by atoms with Gasteiger partial charge in [-0.1, -0.05) is 152 Å². The lowest BCUT2D eigenvalue weighted by molar-refractivity contribution is 0.286. The number of amidine groups is 4. The van der Waals surface area contributed by atoms with Crippen LogP contribution in [0.25, 0.3) is 64.6 Å². The molecule has 0 aliphatic carbocycles. The van der Waals surface area contributed by atoms with E-state index in [1.54, 1.807) is 0 Å². The first-order chi connectivity index (χ1) is 36.7. The van der Waals surface area contributed by atoms with Crippen molar-refractivity contribution >= 4 is 125 Å². The molecule has 14 rings (SSSR count). The zero-order chi connectivity index (χ0) is 53.3. The molecule has 0 fully saturated rings. The molecular weight excluding hydrogens is 997 g/mol. The zero-order valence-corrected chi connectivity index (χ0v) is 48.9. The Kier molecular flexibility index (Phi) is 10.2. The van der Waals surface area contributed by atoms with E-state index in [9.17, 15) is 0 Å². The Labute approximate surface area is 451 Å². The van der Waals surface area contributed by atoms with E-state index in [0.717, 1.165) is 86.9 Å². The molecule has 4 aliphatic rings. The van der Waals surface area contributed by atoms with Crippen molar-refractivity contribution in [2.24, 2.45) is 41.8 Å². The summed E-state index contributed by atoms with van der Waals surface area (Å²) in [6, 6.07) is 52.3. The number of fused-ring (bicyclic) bond motifs is 18. The topological polar surface area (TPSA) is 102 Å². The van der Waals surface area contributed by atoms with Gasteiger partial charge in [-0.3, -0.25) is 8.47 Å². The molecule has 13 heteroatoms. The van der Waals surface area contributed by atoms with E-state index in [4.69, 9.17) is 38.2 Å². The molecule has 0 saturated carbocycles. The van der Waals surface area contributed by atoms with Crippen LogP contribution in [0.1, 0.15) is 77.6 Å². The molecule has 0 atom stereocenters. The van der Waals surface area contributed by atoms with Gasteiger partial charge in [-0.25, -0.2) is 30.0 Å². The van der Waals surface area contributed by atoms with Crippen LogP contribution >= 0.6 is 0 Å². The van der Waals surface area contributed by atoms with Gasteiger partial charge >= 0.3 is 8.88 Å². The summed E-state index contributed by atoms with van der Waals surface area (Å²) in [7, 11) is -10.7. The normalized spacial score (nSPS) is 16.0. The molecule has 382 valence electrons. The third kappa shape index (κ3) is 6.89. The average molecular weight is 1060 g/mol. The molecule has 8 aromatic carbocycles. The summed E-state index contributed by atoms with van der Waals surface area (Å²) in [5.74, 6) is 4.13. The number of aliphatic imine (C=N–C) groups is 4. The molecule has 2 aromatic heterocycles. The first-order valence-electron chi connectivity index (χ1n) is 27.2. The van der Waals surface area contributed by atoms with E-state index in [-0.39, 0.29) is 21.9 Å². The van der Waals surface area contributed by atoms with E-state index in [2.05, 4.69) is 236 Å². The first kappa shape index (κ1) is 48.1. The van der Waals surface area contributed by atoms with Gasteiger partial charge in [0.1, 0.15) is 22.6 Å². The summed E-state index contributed by atoms with van der Waals surface area (Å²) in [5.41, 5.74) is 4.97. The average Bonchev–Trinajstić information content (AvgIpc) is 4.33. The van der Waals surface area contributed by atoms with Gasteiger partial charge in [0.2, 0.25) is 0 Å². The van der Waals surface area contributed by atoms with Crippen LogP contribution in [-0.2, 0) is 8.23 Å². The molecule has 10 aromatic rings. The highest BCUT2D eigenvalue weighted by molar-refractivity contribution is 6.90. The molecule has 0 unspecified atom stereocenters. The minimum atomic E-state index is -4.59. The van der Waals surface area contributed by atoms with Crippen LogP contribution in [0.3, 0.4) is 0 Å². The third-order valence-electron chi connectivity index (χ3n) is 18.9. The van der Waals surface area contributed by atoms with Crippen LogP contribution in [0.15, 0.2) is 176 Å². The van der Waals surface area contributed by atoms with Crippen molar-refractivity contribution in [1.82, 2.24) is 8.47 Å². The van der Waals surface area contributed by atoms with Gasteiger partial charge in [0, 0.05) is 43.8 Å². The molecular formula is C64H62N8O2Si3. The summed E-state index contributed by atoms with van der Waals surface area (Å²) in [6.07, 6.45) is 0. The third-order valence-corrected chi connectivity index (χ3v) is 34.5. The number of hydrogen-bond donors (Lipinski definition) is 0. The van der Waals surface area contributed by atoms with Gasteiger partial charge in [-0.2, -0.15) is 0 Å². The molecule has 0 amide bonds. The minimum Gasteiger partial charge on any atom is -0.404 e. The Hall–Kier alpha value is -7.27. The Bertz CT molecular complexity index is 4270. The molecule has 6 heterocycles. The van der Waals surface area contributed by atoms with Crippen LogP contribution in [0.5, 0.6) is 0 Å². The standard InChI is InChI=1S/C64H62N8O2Si3/c1-37(2)63(5,6)75(9,10)73-77(74-76(11,12)64(7,8)38(3)4)71-59-51-33-43-25-17-18-26-44(43)34-52(51)61(71)69-57-49-31-41-23-15-16-24-42(41)32-50(49)58(66-57)70-62-54-36-46-28-20-19-27-45(46)35-53(54)60(72(62)77)68-56-48-30-40-22-14-13-21-39(40)29-47(48)55(65-56)67-59/h13-38H,1-12H3. The van der Waals surface area contributed by atoms with E-state index in [0.29, 0.717) is 46.0 Å². The van der Waals surface area contributed by atoms with Crippen molar-refractivity contribution in [3.8, 4) is 0 Å². The van der Waals surface area contributed by atoms with E-state index in [1.165, 1.54) is 0 Å². The van der Waals surface area contributed by atoms with Gasteiger partial charge in [-0.15, -0.1) is 0 Å². The van der Waals surface area contributed by atoms with Gasteiger partial charge in [-0.05, 0) is 140 Å². The summed E-state index contributed by atoms with van der Waals surface area (Å²) < 4.78 is 22.4. The van der Waals surface area contributed by atoms with Crippen LogP contribution in [0, 0.1) is 11.8 Å². The van der Waals surface area contributed by atoms with Crippen LogP contribution in [-0.4, -0.2) is 57.3 Å². The largest absolute Gasteiger partial charge is 0.582 e. The maximum absolute atomic E-state index is 8.84. The summed E-state index contributed by atoms with van der Waals surface area (Å²) in [5, 5.41) is 11.8. The van der Waals surface area contributed by atoms with Crippen molar-refractivity contribution in [3.05, 3.63) is 179 Å². The SMILES string of the molecule is CC(C)C(C)(C)[Si](C)(C)O[Si]1(O[Si](C)(C)C(C)(C)C(C)C)n2c3c4cc5ccccc5cc4c2N=C2N=C(N=c4c5cc6ccccc6cc5c(n41)=NC1=NC(=N3)c3cc4ccccc4cc31)c1cc3ccccc3cc12. The van der Waals surface area contributed by atoms with Crippen molar-refractivity contribution in [2.45, 2.75) is 91.7 Å². The molecule has 4 aliphatic heterocycles. The highest BCUT2D eigenvalue weighted by atomic mass is 28.5. The maximum atomic E-state index is 8.84. The smallest absolute Gasteiger partial charge is 0.404 e. The Morgan fingerprint density at radius 2 is 0.649 bits per heavy atom. The molecule has 10 nitrogen and oxygen atoms in total. The second-order valence-electron chi connectivity index (χ2n) is 24.4. The summed E-state index contributed by atoms with van der Waals surface area (Å²) in [4.78, 5) is 35.0. The molecule has 77 heavy (non-hydrogen) atoms. The molecule has 0 N–H and O–H groups in total. The second-order valence-corrected chi connectivity index (χ2v) is 36.7. The fourth-order valence-electron chi connectivity index (χ4n) is 11.9. The van der Waals surface area contributed by atoms with Gasteiger partial charge < -0.3 is 8.23 Å². The van der Waals surface area contributed by atoms with Crippen molar-refractivity contribution in [1.29, 1.82) is 0 Å². The fraction of sp³-hybridized carbons (Fsp3) is 0.250. The predicted octanol–water partition coefficient (Wildman–Crippen LogP) is 15.3. The first-order valence-corrected chi connectivity index (χ1v) is 34.7.